The molecule has 0 spiro atoms. The largest absolute Gasteiger partial charge is 0.468 e. The lowest BCUT2D eigenvalue weighted by atomic mass is 9.95. The first-order valence-corrected chi connectivity index (χ1v) is 12.6. The van der Waals surface area contributed by atoms with Crippen molar-refractivity contribution in [3.63, 3.8) is 0 Å². The Hall–Kier alpha value is -1.40. The number of carbonyl (C=O) groups is 3. The van der Waals surface area contributed by atoms with Crippen LogP contribution < -0.4 is 5.32 Å². The average Bonchev–Trinajstić information content (AvgIpc) is 2.73. The first kappa shape index (κ1) is 30.6. The zero-order chi connectivity index (χ0) is 25.2. The first-order valence-electron chi connectivity index (χ1n) is 11.6. The zero-order valence-electron chi connectivity index (χ0n) is 22.0. The third-order valence-corrected chi connectivity index (χ3v) is 7.50. The van der Waals surface area contributed by atoms with Crippen molar-refractivity contribution in [1.82, 2.24) is 5.32 Å². The highest BCUT2D eigenvalue weighted by atomic mass is 32.2. The summed E-state index contributed by atoms with van der Waals surface area (Å²) in [6, 6.07) is -0.701. The number of ketones is 2. The Labute approximate surface area is 200 Å². The number of methoxy groups -OCH3 is 1. The van der Waals surface area contributed by atoms with Crippen molar-refractivity contribution in [3.8, 4) is 0 Å². The van der Waals surface area contributed by atoms with Crippen molar-refractivity contribution < 1.29 is 19.1 Å². The van der Waals surface area contributed by atoms with Gasteiger partial charge in [-0.25, -0.2) is 0 Å². The average molecular weight is 468 g/mol. The topological polar surface area (TPSA) is 72.5 Å². The van der Waals surface area contributed by atoms with Crippen LogP contribution in [0.5, 0.6) is 0 Å². The van der Waals surface area contributed by atoms with Gasteiger partial charge >= 0.3 is 5.97 Å². The molecule has 0 rings (SSSR count). The van der Waals surface area contributed by atoms with Crippen molar-refractivity contribution in [2.24, 2.45) is 11.8 Å². The Morgan fingerprint density at radius 2 is 1.22 bits per heavy atom. The molecule has 3 atom stereocenters. The molecule has 1 N–H and O–H groups in total. The molecule has 32 heavy (non-hydrogen) atoms. The molecule has 0 aromatic carbocycles. The van der Waals surface area contributed by atoms with Gasteiger partial charge in [-0.05, 0) is 57.6 Å². The van der Waals surface area contributed by atoms with Crippen LogP contribution in [0.15, 0.2) is 22.3 Å². The molecule has 3 unspecified atom stereocenters. The summed E-state index contributed by atoms with van der Waals surface area (Å²) in [7, 11) is 1.37. The van der Waals surface area contributed by atoms with Crippen LogP contribution in [-0.4, -0.2) is 47.7 Å². The fourth-order valence-electron chi connectivity index (χ4n) is 3.20. The number of hydrogen-bond acceptors (Lipinski definition) is 6. The minimum Gasteiger partial charge on any atom is -0.468 e. The Kier molecular flexibility index (Phi) is 14.0. The highest BCUT2D eigenvalue weighted by Crippen LogP contribution is 2.22. The van der Waals surface area contributed by atoms with Gasteiger partial charge < -0.3 is 10.1 Å². The van der Waals surface area contributed by atoms with Crippen LogP contribution in [0, 0.1) is 11.8 Å². The zero-order valence-corrected chi connectivity index (χ0v) is 22.9. The number of esters is 1. The molecule has 0 fully saturated rings. The van der Waals surface area contributed by atoms with E-state index in [1.54, 1.807) is 11.8 Å². The van der Waals surface area contributed by atoms with Gasteiger partial charge in [0.2, 0.25) is 0 Å². The summed E-state index contributed by atoms with van der Waals surface area (Å²) in [5.74, 6) is 1.04. The summed E-state index contributed by atoms with van der Waals surface area (Å²) in [6.45, 7) is 20.0. The summed E-state index contributed by atoms with van der Waals surface area (Å²) in [6.07, 6.45) is 0.752. The number of hydrogen-bond donors (Lipinski definition) is 1. The molecule has 6 heteroatoms. The monoisotopic (exact) mass is 467 g/mol. The molecule has 0 aromatic rings. The fourth-order valence-corrected chi connectivity index (χ4v) is 4.22. The Balaban J connectivity index is 5.00. The van der Waals surface area contributed by atoms with E-state index >= 15 is 0 Å². The minimum absolute atomic E-state index is 0.0715. The van der Waals surface area contributed by atoms with Crippen molar-refractivity contribution >= 4 is 29.3 Å². The van der Waals surface area contributed by atoms with Gasteiger partial charge in [0.05, 0.1) is 7.11 Å². The molecule has 0 aliphatic carbocycles. The second-order valence-corrected chi connectivity index (χ2v) is 10.9. The molecule has 0 saturated heterocycles. The predicted octanol–water partition coefficient (Wildman–Crippen LogP) is 5.53. The normalized spacial score (nSPS) is 16.3. The van der Waals surface area contributed by atoms with Crippen molar-refractivity contribution in [3.05, 3.63) is 22.3 Å². The number of nitrogens with one attached hydrogen (secondary N) is 1. The molecule has 0 amide bonds. The van der Waals surface area contributed by atoms with Gasteiger partial charge in [0, 0.05) is 29.9 Å². The van der Waals surface area contributed by atoms with E-state index in [9.17, 15) is 14.4 Å². The van der Waals surface area contributed by atoms with Gasteiger partial charge in [0.25, 0.3) is 0 Å². The van der Waals surface area contributed by atoms with E-state index in [0.29, 0.717) is 30.4 Å². The van der Waals surface area contributed by atoms with E-state index < -0.39 is 6.04 Å². The quantitative estimate of drug-likeness (QED) is 0.267. The number of rotatable bonds is 14. The van der Waals surface area contributed by atoms with E-state index in [-0.39, 0.29) is 28.8 Å². The predicted molar refractivity (Wildman–Crippen MR) is 136 cm³/mol. The van der Waals surface area contributed by atoms with Crippen LogP contribution in [0.4, 0.5) is 0 Å². The van der Waals surface area contributed by atoms with Gasteiger partial charge in [0.1, 0.15) is 6.04 Å². The lowest BCUT2D eigenvalue weighted by Crippen LogP contribution is -2.45. The molecular formula is C26H45NO4S. The summed E-state index contributed by atoms with van der Waals surface area (Å²) in [5.41, 5.74) is 3.85. The van der Waals surface area contributed by atoms with Crippen molar-refractivity contribution in [2.45, 2.75) is 99.4 Å². The van der Waals surface area contributed by atoms with E-state index in [1.165, 1.54) is 7.11 Å². The SMILES string of the molecule is COC(=O)C(CSC(C)CC(=O)C(C)=C(C)C(C)C)NC(C)CC(=O)C(C)=C(C)C(C)C. The van der Waals surface area contributed by atoms with E-state index in [1.807, 2.05) is 41.5 Å². The maximum absolute atomic E-state index is 12.6. The van der Waals surface area contributed by atoms with E-state index in [2.05, 4.69) is 33.0 Å². The van der Waals surface area contributed by atoms with Crippen LogP contribution in [0.25, 0.3) is 0 Å². The van der Waals surface area contributed by atoms with Crippen LogP contribution >= 0.6 is 11.8 Å². The number of thioether (sulfide) groups is 1. The van der Waals surface area contributed by atoms with Gasteiger partial charge in [0.15, 0.2) is 11.6 Å². The maximum Gasteiger partial charge on any atom is 0.323 e. The maximum atomic E-state index is 12.6. The summed E-state index contributed by atoms with van der Waals surface area (Å²) < 4.78 is 4.96. The molecule has 0 radical (unpaired) electrons. The second kappa shape index (κ2) is 14.7. The third-order valence-electron chi connectivity index (χ3n) is 6.23. The minimum atomic E-state index is -0.533. The van der Waals surface area contributed by atoms with Crippen molar-refractivity contribution in [2.75, 3.05) is 12.9 Å². The molecule has 0 aromatic heterocycles. The third kappa shape index (κ3) is 10.5. The Morgan fingerprint density at radius 3 is 1.62 bits per heavy atom. The van der Waals surface area contributed by atoms with E-state index in [4.69, 9.17) is 4.74 Å². The van der Waals surface area contributed by atoms with Crippen molar-refractivity contribution in [1.29, 1.82) is 0 Å². The Bertz CT molecular complexity index is 721. The highest BCUT2D eigenvalue weighted by molar-refractivity contribution is 7.99. The van der Waals surface area contributed by atoms with Crippen LogP contribution in [0.2, 0.25) is 0 Å². The highest BCUT2D eigenvalue weighted by Gasteiger charge is 2.24. The molecule has 5 nitrogen and oxygen atoms in total. The van der Waals surface area contributed by atoms with E-state index in [0.717, 1.165) is 22.3 Å². The standard InChI is InChI=1S/C26H45NO4S/c1-15(2)19(7)21(9)24(28)12-17(5)27-23(26(30)31-11)14-32-18(6)13-25(29)22(10)20(8)16(3)4/h15-18,23,27H,12-14H2,1-11H3. The Morgan fingerprint density at radius 1 is 0.781 bits per heavy atom. The van der Waals surface area contributed by atoms with Crippen LogP contribution in [-0.2, 0) is 19.1 Å². The summed E-state index contributed by atoms with van der Waals surface area (Å²) >= 11 is 1.57. The molecule has 0 heterocycles. The molecular weight excluding hydrogens is 422 g/mol. The molecule has 0 saturated carbocycles. The van der Waals surface area contributed by atoms with Gasteiger partial charge in [-0.3, -0.25) is 14.4 Å². The first-order chi connectivity index (χ1) is 14.7. The van der Waals surface area contributed by atoms with Gasteiger partial charge in [-0.2, -0.15) is 11.8 Å². The molecule has 0 bridgehead atoms. The number of Topliss-reactive ketones (excluding diaryl/α,β-unsaturated/α-hetero) is 2. The van der Waals surface area contributed by atoms with Crippen LogP contribution in [0.1, 0.15) is 82.1 Å². The number of carbonyl (C=O) groups excluding carboxylic acids is 3. The smallest absolute Gasteiger partial charge is 0.323 e. The summed E-state index contributed by atoms with van der Waals surface area (Å²) in [4.78, 5) is 37.5. The van der Waals surface area contributed by atoms with Gasteiger partial charge in [-0.1, -0.05) is 45.8 Å². The second-order valence-electron chi connectivity index (χ2n) is 9.47. The molecule has 0 aliphatic heterocycles. The summed E-state index contributed by atoms with van der Waals surface area (Å²) in [5, 5.41) is 3.32. The number of allylic oxidation sites excluding steroid dienone is 4. The lowest BCUT2D eigenvalue weighted by molar-refractivity contribution is -0.142. The molecule has 184 valence electrons. The van der Waals surface area contributed by atoms with Crippen LogP contribution in [0.3, 0.4) is 0 Å². The van der Waals surface area contributed by atoms with Gasteiger partial charge in [-0.15, -0.1) is 0 Å². The number of ether oxygens (including phenoxy) is 1. The lowest BCUT2D eigenvalue weighted by Gasteiger charge is -2.23. The fraction of sp³-hybridized carbons (Fsp3) is 0.731. The molecule has 0 aliphatic rings.